The zero-order valence-electron chi connectivity index (χ0n) is 8.01. The van der Waals surface area contributed by atoms with Crippen molar-refractivity contribution >= 4 is 23.4 Å². The number of thioether (sulfide) groups is 1. The van der Waals surface area contributed by atoms with Crippen LogP contribution in [0.15, 0.2) is 23.1 Å². The molecule has 84 valence electrons. The first-order chi connectivity index (χ1) is 7.24. The maximum Gasteiger partial charge on any atom is 0.139 e. The van der Waals surface area contributed by atoms with Crippen molar-refractivity contribution in [3.63, 3.8) is 0 Å². The van der Waals surface area contributed by atoms with Crippen LogP contribution in [0.3, 0.4) is 0 Å². The first-order valence-electron chi connectivity index (χ1n) is 4.45. The summed E-state index contributed by atoms with van der Waals surface area (Å²) in [5.74, 6) is -0.0118. The van der Waals surface area contributed by atoms with Crippen molar-refractivity contribution in [2.24, 2.45) is 0 Å². The summed E-state index contributed by atoms with van der Waals surface area (Å²) in [5.41, 5.74) is 0. The Balaban J connectivity index is 2.31. The lowest BCUT2D eigenvalue weighted by molar-refractivity contribution is 0.166. The van der Waals surface area contributed by atoms with Gasteiger partial charge in [0.2, 0.25) is 0 Å². The summed E-state index contributed by atoms with van der Waals surface area (Å²) in [6, 6.07) is 3.55. The monoisotopic (exact) mass is 252 g/mol. The second-order valence-electron chi connectivity index (χ2n) is 2.72. The third-order valence-corrected chi connectivity index (χ3v) is 2.77. The Kier molecular flexibility index (Phi) is 5.98. The molecule has 0 atom stereocenters. The molecule has 0 aliphatic carbocycles. The lowest BCUT2D eigenvalue weighted by atomic mass is 10.3. The molecule has 0 saturated carbocycles. The third-order valence-electron chi connectivity index (χ3n) is 1.60. The van der Waals surface area contributed by atoms with Gasteiger partial charge in [0.15, 0.2) is 0 Å². The molecule has 1 rings (SSSR count). The quantitative estimate of drug-likeness (QED) is 0.436. The first kappa shape index (κ1) is 12.7. The Bertz CT molecular complexity index is 309. The predicted octanol–water partition coefficient (Wildman–Crippen LogP) is 3.31. The summed E-state index contributed by atoms with van der Waals surface area (Å²) in [5, 5.41) is 0. The van der Waals surface area contributed by atoms with Gasteiger partial charge in [0, 0.05) is 22.6 Å². The molecule has 0 radical (unpaired) electrons. The maximum absolute atomic E-state index is 13.1. The van der Waals surface area contributed by atoms with Crippen LogP contribution < -0.4 is 0 Å². The molecule has 1 nitrogen and oxygen atoms in total. The number of alkyl halides is 1. The Morgan fingerprint density at radius 3 is 2.73 bits per heavy atom. The Hall–Kier alpha value is -0.320. The number of rotatable bonds is 6. The minimum Gasteiger partial charge on any atom is -0.379 e. The summed E-state index contributed by atoms with van der Waals surface area (Å²) >= 11 is 6.70. The number of ether oxygens (including phenoxy) is 1. The highest BCUT2D eigenvalue weighted by Gasteiger charge is 2.03. The van der Waals surface area contributed by atoms with Crippen LogP contribution in [-0.4, -0.2) is 24.8 Å². The van der Waals surface area contributed by atoms with Crippen LogP contribution in [0.25, 0.3) is 0 Å². The van der Waals surface area contributed by atoms with E-state index in [2.05, 4.69) is 0 Å². The van der Waals surface area contributed by atoms with Crippen LogP contribution in [0.4, 0.5) is 8.78 Å². The smallest absolute Gasteiger partial charge is 0.139 e. The molecular formula is C10H11ClF2OS. The van der Waals surface area contributed by atoms with E-state index in [1.165, 1.54) is 23.9 Å². The summed E-state index contributed by atoms with van der Waals surface area (Å²) in [6.45, 7) is 1.00. The van der Waals surface area contributed by atoms with Crippen molar-refractivity contribution in [2.75, 3.05) is 24.8 Å². The van der Waals surface area contributed by atoms with E-state index in [0.29, 0.717) is 29.7 Å². The number of halogens is 3. The Morgan fingerprint density at radius 1 is 1.27 bits per heavy atom. The average Bonchev–Trinajstić information content (AvgIpc) is 2.20. The Morgan fingerprint density at radius 2 is 2.07 bits per heavy atom. The minimum atomic E-state index is -0.560. The fraction of sp³-hybridized carbons (Fsp3) is 0.400. The van der Waals surface area contributed by atoms with Gasteiger partial charge in [-0.1, -0.05) is 0 Å². The van der Waals surface area contributed by atoms with E-state index in [1.54, 1.807) is 0 Å². The standard InChI is InChI=1S/C10H11ClF2OS/c11-3-4-14-5-6-15-10-2-1-8(12)7-9(10)13/h1-2,7H,3-6H2. The Labute approximate surface area is 96.8 Å². The van der Waals surface area contributed by atoms with E-state index in [9.17, 15) is 8.78 Å². The number of hydrogen-bond acceptors (Lipinski definition) is 2. The summed E-state index contributed by atoms with van der Waals surface area (Å²) in [4.78, 5) is 0.436. The van der Waals surface area contributed by atoms with Crippen molar-refractivity contribution in [3.05, 3.63) is 29.8 Å². The molecule has 0 N–H and O–H groups in total. The van der Waals surface area contributed by atoms with Gasteiger partial charge in [-0.2, -0.15) is 0 Å². The van der Waals surface area contributed by atoms with E-state index < -0.39 is 11.6 Å². The highest BCUT2D eigenvalue weighted by atomic mass is 35.5. The van der Waals surface area contributed by atoms with Crippen molar-refractivity contribution < 1.29 is 13.5 Å². The van der Waals surface area contributed by atoms with Crippen molar-refractivity contribution in [1.29, 1.82) is 0 Å². The predicted molar refractivity (Wildman–Crippen MR) is 58.6 cm³/mol. The van der Waals surface area contributed by atoms with Gasteiger partial charge in [-0.05, 0) is 12.1 Å². The van der Waals surface area contributed by atoms with Gasteiger partial charge in [0.05, 0.1) is 13.2 Å². The molecule has 5 heteroatoms. The van der Waals surface area contributed by atoms with E-state index in [1.807, 2.05) is 0 Å². The number of hydrogen-bond donors (Lipinski definition) is 0. The van der Waals surface area contributed by atoms with E-state index in [-0.39, 0.29) is 0 Å². The summed E-state index contributed by atoms with van der Waals surface area (Å²) in [7, 11) is 0. The third kappa shape index (κ3) is 4.82. The molecule has 0 amide bonds. The van der Waals surface area contributed by atoms with Crippen molar-refractivity contribution in [1.82, 2.24) is 0 Å². The van der Waals surface area contributed by atoms with Gasteiger partial charge >= 0.3 is 0 Å². The molecule has 1 aromatic carbocycles. The first-order valence-corrected chi connectivity index (χ1v) is 5.97. The lowest BCUT2D eigenvalue weighted by Crippen LogP contribution is -2.00. The van der Waals surface area contributed by atoms with Crippen LogP contribution in [0, 0.1) is 11.6 Å². The molecule has 0 aliphatic heterocycles. The average molecular weight is 253 g/mol. The van der Waals surface area contributed by atoms with Crippen LogP contribution in [0.1, 0.15) is 0 Å². The highest BCUT2D eigenvalue weighted by molar-refractivity contribution is 7.99. The van der Waals surface area contributed by atoms with Crippen molar-refractivity contribution in [2.45, 2.75) is 4.90 Å². The molecular weight excluding hydrogens is 242 g/mol. The van der Waals surface area contributed by atoms with E-state index in [4.69, 9.17) is 16.3 Å². The van der Waals surface area contributed by atoms with Gasteiger partial charge in [-0.25, -0.2) is 8.78 Å². The molecule has 0 aliphatic rings. The van der Waals surface area contributed by atoms with Gasteiger partial charge in [0.25, 0.3) is 0 Å². The molecule has 0 heterocycles. The highest BCUT2D eigenvalue weighted by Crippen LogP contribution is 2.21. The van der Waals surface area contributed by atoms with Gasteiger partial charge in [-0.15, -0.1) is 23.4 Å². The lowest BCUT2D eigenvalue weighted by Gasteiger charge is -2.03. The molecule has 1 aromatic rings. The molecule has 0 spiro atoms. The molecule has 0 aromatic heterocycles. The van der Waals surface area contributed by atoms with Crippen LogP contribution in [-0.2, 0) is 4.74 Å². The molecule has 0 saturated heterocycles. The zero-order chi connectivity index (χ0) is 11.1. The normalized spacial score (nSPS) is 10.6. The number of benzene rings is 1. The van der Waals surface area contributed by atoms with Gasteiger partial charge in [0.1, 0.15) is 11.6 Å². The summed E-state index contributed by atoms with van der Waals surface area (Å²) in [6.07, 6.45) is 0. The van der Waals surface area contributed by atoms with Crippen molar-refractivity contribution in [3.8, 4) is 0 Å². The van der Waals surface area contributed by atoms with Crippen LogP contribution in [0.2, 0.25) is 0 Å². The fourth-order valence-electron chi connectivity index (χ4n) is 0.959. The van der Waals surface area contributed by atoms with Gasteiger partial charge in [-0.3, -0.25) is 0 Å². The minimum absolute atomic E-state index is 0.436. The van der Waals surface area contributed by atoms with Crippen LogP contribution in [0.5, 0.6) is 0 Å². The fourth-order valence-corrected chi connectivity index (χ4v) is 1.85. The SMILES string of the molecule is Fc1ccc(SCCOCCCl)c(F)c1. The summed E-state index contributed by atoms with van der Waals surface area (Å²) < 4.78 is 30.8. The molecule has 0 fully saturated rings. The van der Waals surface area contributed by atoms with Crippen LogP contribution >= 0.6 is 23.4 Å². The topological polar surface area (TPSA) is 9.23 Å². The van der Waals surface area contributed by atoms with Gasteiger partial charge < -0.3 is 4.74 Å². The molecule has 0 bridgehead atoms. The zero-order valence-corrected chi connectivity index (χ0v) is 9.58. The molecule has 15 heavy (non-hydrogen) atoms. The molecule has 0 unspecified atom stereocenters. The van der Waals surface area contributed by atoms with E-state index >= 15 is 0 Å². The second-order valence-corrected chi connectivity index (χ2v) is 4.24. The maximum atomic E-state index is 13.1. The second kappa shape index (κ2) is 7.04. The largest absolute Gasteiger partial charge is 0.379 e. The van der Waals surface area contributed by atoms with E-state index in [0.717, 1.165) is 6.07 Å².